The van der Waals surface area contributed by atoms with Gasteiger partial charge in [0.05, 0.1) is 0 Å². The second kappa shape index (κ2) is 7.40. The summed E-state index contributed by atoms with van der Waals surface area (Å²) < 4.78 is 27.3. The van der Waals surface area contributed by atoms with Crippen LogP contribution in [0.2, 0.25) is 0 Å². The van der Waals surface area contributed by atoms with Crippen LogP contribution in [-0.2, 0) is 25.7 Å². The van der Waals surface area contributed by atoms with Gasteiger partial charge < -0.3 is 23.7 Å². The first-order valence-electron chi connectivity index (χ1n) is 9.90. The van der Waals surface area contributed by atoms with Crippen molar-refractivity contribution in [3.05, 3.63) is 59.2 Å². The highest BCUT2D eigenvalue weighted by Gasteiger charge is 2.47. The summed E-state index contributed by atoms with van der Waals surface area (Å²) in [7, 11) is 0. The number of rotatable bonds is 4. The third-order valence-corrected chi connectivity index (χ3v) is 5.40. The van der Waals surface area contributed by atoms with Gasteiger partial charge in [-0.15, -0.1) is 0 Å². The van der Waals surface area contributed by atoms with Crippen LogP contribution in [0.15, 0.2) is 48.0 Å². The van der Waals surface area contributed by atoms with Crippen LogP contribution in [0.3, 0.4) is 0 Å². The molecule has 1 aliphatic carbocycles. The molecule has 1 spiro atoms. The molecule has 1 saturated carbocycles. The second-order valence-electron chi connectivity index (χ2n) is 7.50. The zero-order valence-corrected chi connectivity index (χ0v) is 16.2. The largest absolute Gasteiger partial charge is 0.489 e. The lowest BCUT2D eigenvalue weighted by Crippen LogP contribution is -2.44. The summed E-state index contributed by atoms with van der Waals surface area (Å²) in [6.45, 7) is 0.608. The molecular weight excluding hydrogens is 388 g/mol. The van der Waals surface area contributed by atoms with Crippen molar-refractivity contribution in [1.82, 2.24) is 0 Å². The number of hydrogen-bond acceptors (Lipinski definition) is 7. The Hall–Kier alpha value is -3.48. The highest BCUT2D eigenvalue weighted by Crippen LogP contribution is 2.38. The Morgan fingerprint density at radius 2 is 1.60 bits per heavy atom. The Labute approximate surface area is 173 Å². The third-order valence-electron chi connectivity index (χ3n) is 5.40. The molecule has 0 unspecified atom stereocenters. The maximum atomic E-state index is 12.3. The van der Waals surface area contributed by atoms with Crippen LogP contribution in [0.25, 0.3) is 6.08 Å². The van der Waals surface area contributed by atoms with Crippen molar-refractivity contribution in [2.75, 3.05) is 6.79 Å². The molecule has 0 N–H and O–H groups in total. The first-order valence-corrected chi connectivity index (χ1v) is 9.90. The Balaban J connectivity index is 1.24. The van der Waals surface area contributed by atoms with E-state index in [1.54, 1.807) is 24.3 Å². The van der Waals surface area contributed by atoms with E-state index in [1.807, 2.05) is 18.2 Å². The van der Waals surface area contributed by atoms with Crippen LogP contribution in [0.1, 0.15) is 36.8 Å². The van der Waals surface area contributed by atoms with Gasteiger partial charge in [0.2, 0.25) is 6.79 Å². The van der Waals surface area contributed by atoms with Crippen LogP contribution in [-0.4, -0.2) is 24.5 Å². The molecule has 2 fully saturated rings. The predicted molar refractivity (Wildman–Crippen MR) is 105 cm³/mol. The number of esters is 2. The fourth-order valence-electron chi connectivity index (χ4n) is 3.81. The number of benzene rings is 2. The summed E-state index contributed by atoms with van der Waals surface area (Å²) in [5.74, 6) is -0.211. The molecule has 154 valence electrons. The van der Waals surface area contributed by atoms with E-state index < -0.39 is 17.7 Å². The van der Waals surface area contributed by atoms with Crippen molar-refractivity contribution in [2.45, 2.75) is 38.1 Å². The van der Waals surface area contributed by atoms with E-state index in [9.17, 15) is 9.59 Å². The minimum absolute atomic E-state index is 0.0958. The molecule has 0 radical (unpaired) electrons. The number of hydrogen-bond donors (Lipinski definition) is 0. The Bertz CT molecular complexity index is 994. The summed E-state index contributed by atoms with van der Waals surface area (Å²) in [5.41, 5.74) is 1.54. The molecule has 2 aromatic rings. The summed E-state index contributed by atoms with van der Waals surface area (Å²) >= 11 is 0. The van der Waals surface area contributed by atoms with E-state index in [-0.39, 0.29) is 12.4 Å². The molecular formula is C23H20O7. The summed E-state index contributed by atoms with van der Waals surface area (Å²) in [5, 5.41) is 0. The zero-order chi connectivity index (χ0) is 20.6. The average molecular weight is 408 g/mol. The predicted octanol–water partition coefficient (Wildman–Crippen LogP) is 3.75. The van der Waals surface area contributed by atoms with Crippen molar-refractivity contribution in [3.8, 4) is 17.2 Å². The molecule has 0 aromatic heterocycles. The number of ether oxygens (including phenoxy) is 5. The highest BCUT2D eigenvalue weighted by atomic mass is 16.7. The SMILES string of the molecule is O=C1OC2(CCCC2)OC(=O)C1=Cc1ccc(OCc2ccc3c(c2)OCO3)cc1. The van der Waals surface area contributed by atoms with E-state index in [0.717, 1.165) is 24.2 Å². The van der Waals surface area contributed by atoms with Crippen LogP contribution in [0.5, 0.6) is 17.2 Å². The second-order valence-corrected chi connectivity index (χ2v) is 7.50. The molecule has 2 aliphatic heterocycles. The van der Waals surface area contributed by atoms with Crippen molar-refractivity contribution in [3.63, 3.8) is 0 Å². The fraction of sp³-hybridized carbons (Fsp3) is 0.304. The molecule has 2 heterocycles. The van der Waals surface area contributed by atoms with Crippen molar-refractivity contribution >= 4 is 18.0 Å². The maximum absolute atomic E-state index is 12.3. The Morgan fingerprint density at radius 3 is 2.33 bits per heavy atom. The lowest BCUT2D eigenvalue weighted by atomic mass is 10.1. The average Bonchev–Trinajstić information content (AvgIpc) is 3.39. The van der Waals surface area contributed by atoms with Crippen molar-refractivity contribution < 1.29 is 33.3 Å². The van der Waals surface area contributed by atoms with Gasteiger partial charge in [0.25, 0.3) is 5.79 Å². The molecule has 2 aromatic carbocycles. The summed E-state index contributed by atoms with van der Waals surface area (Å²) in [6.07, 6.45) is 4.37. The number of carbonyl (C=O) groups is 2. The monoisotopic (exact) mass is 408 g/mol. The van der Waals surface area contributed by atoms with Gasteiger partial charge >= 0.3 is 11.9 Å². The van der Waals surface area contributed by atoms with E-state index >= 15 is 0 Å². The molecule has 7 heteroatoms. The van der Waals surface area contributed by atoms with Gasteiger partial charge in [-0.05, 0) is 54.3 Å². The summed E-state index contributed by atoms with van der Waals surface area (Å²) in [6, 6.07) is 12.7. The third kappa shape index (κ3) is 3.58. The van der Waals surface area contributed by atoms with Gasteiger partial charge in [0.1, 0.15) is 17.9 Å². The summed E-state index contributed by atoms with van der Waals surface area (Å²) in [4.78, 5) is 24.7. The van der Waals surface area contributed by atoms with Crippen LogP contribution >= 0.6 is 0 Å². The minimum Gasteiger partial charge on any atom is -0.489 e. The molecule has 0 atom stereocenters. The van der Waals surface area contributed by atoms with E-state index in [1.165, 1.54) is 6.08 Å². The molecule has 0 amide bonds. The van der Waals surface area contributed by atoms with E-state index in [4.69, 9.17) is 23.7 Å². The highest BCUT2D eigenvalue weighted by molar-refractivity contribution is 6.18. The van der Waals surface area contributed by atoms with E-state index in [0.29, 0.717) is 36.5 Å². The van der Waals surface area contributed by atoms with E-state index in [2.05, 4.69) is 0 Å². The zero-order valence-electron chi connectivity index (χ0n) is 16.2. The molecule has 0 bridgehead atoms. The topological polar surface area (TPSA) is 80.3 Å². The van der Waals surface area contributed by atoms with Crippen LogP contribution in [0.4, 0.5) is 0 Å². The number of fused-ring (bicyclic) bond motifs is 1. The van der Waals surface area contributed by atoms with Gasteiger partial charge in [-0.2, -0.15) is 0 Å². The van der Waals surface area contributed by atoms with Crippen LogP contribution in [0, 0.1) is 0 Å². The molecule has 3 aliphatic rings. The van der Waals surface area contributed by atoms with Gasteiger partial charge in [-0.3, -0.25) is 0 Å². The molecule has 7 nitrogen and oxygen atoms in total. The van der Waals surface area contributed by atoms with Gasteiger partial charge in [0.15, 0.2) is 11.5 Å². The Morgan fingerprint density at radius 1 is 0.900 bits per heavy atom. The fourth-order valence-corrected chi connectivity index (χ4v) is 3.81. The van der Waals surface area contributed by atoms with Gasteiger partial charge in [0, 0.05) is 12.8 Å². The smallest absolute Gasteiger partial charge is 0.348 e. The lowest BCUT2D eigenvalue weighted by Gasteiger charge is -2.32. The quantitative estimate of drug-likeness (QED) is 0.433. The molecule has 1 saturated heterocycles. The molecule has 5 rings (SSSR count). The maximum Gasteiger partial charge on any atom is 0.348 e. The normalized spacial score (nSPS) is 18.9. The lowest BCUT2D eigenvalue weighted by molar-refractivity contribution is -0.232. The van der Waals surface area contributed by atoms with Gasteiger partial charge in [-0.25, -0.2) is 9.59 Å². The van der Waals surface area contributed by atoms with Gasteiger partial charge in [-0.1, -0.05) is 18.2 Å². The standard InChI is InChI=1S/C23H20O7/c24-21-18(22(25)30-23(29-21)9-1-2-10-23)11-15-3-6-17(7-4-15)26-13-16-5-8-19-20(12-16)28-14-27-19/h3-8,11-12H,1-2,9-10,13-14H2. The Kier molecular flexibility index (Phi) is 4.58. The van der Waals surface area contributed by atoms with Crippen molar-refractivity contribution in [1.29, 1.82) is 0 Å². The van der Waals surface area contributed by atoms with Crippen molar-refractivity contribution in [2.24, 2.45) is 0 Å². The number of carbonyl (C=O) groups excluding carboxylic acids is 2. The first kappa shape index (κ1) is 18.5. The minimum atomic E-state index is -1.06. The first-order chi connectivity index (χ1) is 14.6. The molecule has 30 heavy (non-hydrogen) atoms. The van der Waals surface area contributed by atoms with Crippen LogP contribution < -0.4 is 14.2 Å².